The van der Waals surface area contributed by atoms with Crippen molar-refractivity contribution in [2.24, 2.45) is 11.8 Å². The monoisotopic (exact) mass is 354 g/mol. The van der Waals surface area contributed by atoms with Crippen LogP contribution in [0.3, 0.4) is 0 Å². The molecule has 0 bridgehead atoms. The number of rotatable bonds is 5. The Hall–Kier alpha value is -1.56. The van der Waals surface area contributed by atoms with Gasteiger partial charge < -0.3 is 9.88 Å². The van der Waals surface area contributed by atoms with Crippen molar-refractivity contribution in [1.29, 1.82) is 0 Å². The Morgan fingerprint density at radius 2 is 2.22 bits per heavy atom. The van der Waals surface area contributed by atoms with Gasteiger partial charge in [-0.2, -0.15) is 0 Å². The predicted octanol–water partition coefficient (Wildman–Crippen LogP) is 2.80. The number of hydrogen-bond donors (Lipinski definition) is 2. The van der Waals surface area contributed by atoms with Gasteiger partial charge >= 0.3 is 0 Å². The first-order valence-electron chi connectivity index (χ1n) is 7.41. The highest BCUT2D eigenvalue weighted by Gasteiger charge is 2.29. The number of benzene rings is 1. The summed E-state index contributed by atoms with van der Waals surface area (Å²) in [5, 5.41) is 6.82. The lowest BCUT2D eigenvalue weighted by molar-refractivity contribution is -0.121. The van der Waals surface area contributed by atoms with Crippen molar-refractivity contribution in [2.75, 3.05) is 18.4 Å². The molecule has 0 spiro atoms. The molecule has 1 atom stereocenters. The molecule has 1 aromatic heterocycles. The minimum absolute atomic E-state index is 0. The van der Waals surface area contributed by atoms with E-state index in [1.807, 2.05) is 42.0 Å². The van der Waals surface area contributed by atoms with E-state index >= 15 is 0 Å². The zero-order chi connectivity index (χ0) is 15.5. The molecule has 1 aromatic carbocycles. The van der Waals surface area contributed by atoms with Crippen molar-refractivity contribution in [3.63, 3.8) is 0 Å². The fourth-order valence-electron chi connectivity index (χ4n) is 2.47. The molecule has 124 valence electrons. The van der Waals surface area contributed by atoms with Crippen molar-refractivity contribution in [3.8, 4) is 0 Å². The lowest BCUT2D eigenvalue weighted by Gasteiger charge is -2.31. The van der Waals surface area contributed by atoms with Crippen molar-refractivity contribution < 1.29 is 4.79 Å². The Balaban J connectivity index is 0.00000192. The van der Waals surface area contributed by atoms with Crippen LogP contribution < -0.4 is 10.6 Å². The molecule has 3 rings (SSSR count). The lowest BCUT2D eigenvalue weighted by Crippen LogP contribution is -2.48. The summed E-state index contributed by atoms with van der Waals surface area (Å²) in [7, 11) is 0. The number of carbonyl (C=O) groups is 1. The van der Waals surface area contributed by atoms with Gasteiger partial charge in [-0.1, -0.05) is 36.7 Å². The molecule has 5 nitrogen and oxygen atoms in total. The molecule has 0 aliphatic carbocycles. The first-order chi connectivity index (χ1) is 10.6. The van der Waals surface area contributed by atoms with Crippen LogP contribution >= 0.6 is 24.0 Å². The number of imidazole rings is 1. The Morgan fingerprint density at radius 3 is 2.87 bits per heavy atom. The summed E-state index contributed by atoms with van der Waals surface area (Å²) < 4.78 is 1.89. The van der Waals surface area contributed by atoms with E-state index in [0.717, 1.165) is 18.7 Å². The molecule has 2 heterocycles. The summed E-state index contributed by atoms with van der Waals surface area (Å²) in [6.45, 7) is 4.35. The van der Waals surface area contributed by atoms with Gasteiger partial charge in [-0.15, -0.1) is 12.4 Å². The third kappa shape index (κ3) is 4.05. The Kier molecular flexibility index (Phi) is 6.04. The molecule has 1 aliphatic rings. The SMILES string of the molecule is CC(C(=O)Nc1nccn1Cc1ccccc1Cl)C1CNC1.Cl. The zero-order valence-corrected chi connectivity index (χ0v) is 14.4. The van der Waals surface area contributed by atoms with Crippen LogP contribution in [-0.2, 0) is 11.3 Å². The molecule has 2 aromatic rings. The molecule has 0 saturated carbocycles. The molecule has 1 fully saturated rings. The number of anilines is 1. The minimum atomic E-state index is -0.0216. The van der Waals surface area contributed by atoms with E-state index in [2.05, 4.69) is 15.6 Å². The molecule has 2 N–H and O–H groups in total. The Morgan fingerprint density at radius 1 is 1.48 bits per heavy atom. The van der Waals surface area contributed by atoms with E-state index in [4.69, 9.17) is 11.6 Å². The standard InChI is InChI=1S/C16H19ClN4O.ClH/c1-11(13-8-18-9-13)15(22)20-16-19-6-7-21(16)10-12-4-2-3-5-14(12)17;/h2-7,11,13,18H,8-10H2,1H3,(H,19,20,22);1H. The number of hydrogen-bond acceptors (Lipinski definition) is 3. The fraction of sp³-hybridized carbons (Fsp3) is 0.375. The fourth-order valence-corrected chi connectivity index (χ4v) is 2.67. The van der Waals surface area contributed by atoms with Gasteiger partial charge in [0, 0.05) is 23.3 Å². The van der Waals surface area contributed by atoms with E-state index in [1.54, 1.807) is 6.20 Å². The lowest BCUT2D eigenvalue weighted by atomic mass is 9.88. The summed E-state index contributed by atoms with van der Waals surface area (Å²) in [6, 6.07) is 7.67. The third-order valence-electron chi connectivity index (χ3n) is 4.18. The van der Waals surface area contributed by atoms with Gasteiger partial charge in [-0.25, -0.2) is 4.98 Å². The molecule has 1 amide bonds. The van der Waals surface area contributed by atoms with Crippen molar-refractivity contribution in [3.05, 3.63) is 47.2 Å². The highest BCUT2D eigenvalue weighted by atomic mass is 35.5. The average Bonchev–Trinajstić information content (AvgIpc) is 2.86. The summed E-state index contributed by atoms with van der Waals surface area (Å²) >= 11 is 6.19. The highest BCUT2D eigenvalue weighted by Crippen LogP contribution is 2.20. The topological polar surface area (TPSA) is 59.0 Å². The van der Waals surface area contributed by atoms with E-state index in [0.29, 0.717) is 23.4 Å². The van der Waals surface area contributed by atoms with Crippen LogP contribution in [-0.4, -0.2) is 28.5 Å². The van der Waals surface area contributed by atoms with E-state index in [9.17, 15) is 4.79 Å². The quantitative estimate of drug-likeness (QED) is 0.867. The predicted molar refractivity (Wildman–Crippen MR) is 94.2 cm³/mol. The van der Waals surface area contributed by atoms with Crippen LogP contribution in [0, 0.1) is 11.8 Å². The summed E-state index contributed by atoms with van der Waals surface area (Å²) in [4.78, 5) is 16.5. The maximum absolute atomic E-state index is 12.3. The molecule has 7 heteroatoms. The molecule has 1 aliphatic heterocycles. The summed E-state index contributed by atoms with van der Waals surface area (Å²) in [5.74, 6) is 0.959. The van der Waals surface area contributed by atoms with Crippen LogP contribution in [0.15, 0.2) is 36.7 Å². The minimum Gasteiger partial charge on any atom is -0.316 e. The van der Waals surface area contributed by atoms with Crippen LogP contribution in [0.4, 0.5) is 5.95 Å². The smallest absolute Gasteiger partial charge is 0.229 e. The van der Waals surface area contributed by atoms with Gasteiger partial charge in [-0.3, -0.25) is 10.1 Å². The molecular weight excluding hydrogens is 335 g/mol. The normalized spacial score (nSPS) is 15.4. The number of aromatic nitrogens is 2. The second-order valence-corrected chi connectivity index (χ2v) is 6.07. The Bertz CT molecular complexity index is 670. The van der Waals surface area contributed by atoms with Crippen molar-refractivity contribution >= 4 is 35.9 Å². The largest absolute Gasteiger partial charge is 0.316 e. The van der Waals surface area contributed by atoms with E-state index in [-0.39, 0.29) is 24.2 Å². The number of nitrogens with one attached hydrogen (secondary N) is 2. The van der Waals surface area contributed by atoms with Gasteiger partial charge in [0.2, 0.25) is 11.9 Å². The van der Waals surface area contributed by atoms with Crippen molar-refractivity contribution in [1.82, 2.24) is 14.9 Å². The molecular formula is C16H20Cl2N4O. The van der Waals surface area contributed by atoms with Crippen LogP contribution in [0.5, 0.6) is 0 Å². The van der Waals surface area contributed by atoms with Gasteiger partial charge in [-0.05, 0) is 30.6 Å². The number of nitrogens with zero attached hydrogens (tertiary/aromatic N) is 2. The second kappa shape index (κ2) is 7.81. The molecule has 1 saturated heterocycles. The summed E-state index contributed by atoms with van der Waals surface area (Å²) in [5.41, 5.74) is 0.994. The number of amides is 1. The van der Waals surface area contributed by atoms with Crippen LogP contribution in [0.25, 0.3) is 0 Å². The number of carbonyl (C=O) groups excluding carboxylic acids is 1. The van der Waals surface area contributed by atoms with E-state index in [1.165, 1.54) is 0 Å². The maximum Gasteiger partial charge on any atom is 0.229 e. The Labute approximate surface area is 146 Å². The first-order valence-corrected chi connectivity index (χ1v) is 7.79. The van der Waals surface area contributed by atoms with E-state index < -0.39 is 0 Å². The maximum atomic E-state index is 12.3. The van der Waals surface area contributed by atoms with Gasteiger partial charge in [0.15, 0.2) is 0 Å². The zero-order valence-electron chi connectivity index (χ0n) is 12.8. The van der Waals surface area contributed by atoms with Gasteiger partial charge in [0.05, 0.1) is 6.54 Å². The van der Waals surface area contributed by atoms with Gasteiger partial charge in [0.25, 0.3) is 0 Å². The number of halogens is 2. The van der Waals surface area contributed by atoms with Crippen LogP contribution in [0.1, 0.15) is 12.5 Å². The average molecular weight is 355 g/mol. The van der Waals surface area contributed by atoms with Crippen LogP contribution in [0.2, 0.25) is 5.02 Å². The second-order valence-electron chi connectivity index (χ2n) is 5.67. The first kappa shape index (κ1) is 17.8. The molecule has 1 unspecified atom stereocenters. The van der Waals surface area contributed by atoms with Gasteiger partial charge in [0.1, 0.15) is 0 Å². The molecule has 0 radical (unpaired) electrons. The molecule has 23 heavy (non-hydrogen) atoms. The summed E-state index contributed by atoms with van der Waals surface area (Å²) in [6.07, 6.45) is 3.52. The highest BCUT2D eigenvalue weighted by molar-refractivity contribution is 6.31. The van der Waals surface area contributed by atoms with Crippen molar-refractivity contribution in [2.45, 2.75) is 13.5 Å². The third-order valence-corrected chi connectivity index (χ3v) is 4.55.